The van der Waals surface area contributed by atoms with Gasteiger partial charge in [-0.15, -0.1) is 0 Å². The number of nitrogens with zero attached hydrogens (tertiary/aromatic N) is 1. The summed E-state index contributed by atoms with van der Waals surface area (Å²) in [6, 6.07) is 5.78. The lowest BCUT2D eigenvalue weighted by molar-refractivity contribution is -0.116. The number of benzene rings is 1. The highest BCUT2D eigenvalue weighted by Crippen LogP contribution is 2.31. The summed E-state index contributed by atoms with van der Waals surface area (Å²) in [4.78, 5) is 25.3. The van der Waals surface area contributed by atoms with E-state index in [1.807, 2.05) is 18.2 Å². The second-order valence-corrected chi connectivity index (χ2v) is 7.30. The summed E-state index contributed by atoms with van der Waals surface area (Å²) in [5.41, 5.74) is 1.73. The highest BCUT2D eigenvalue weighted by atomic mass is 32.2. The van der Waals surface area contributed by atoms with Crippen LogP contribution in [0.3, 0.4) is 0 Å². The molecule has 1 N–H and O–H groups in total. The zero-order valence-corrected chi connectivity index (χ0v) is 14.3. The largest absolute Gasteiger partial charge is 0.495 e. The number of anilines is 1. The number of nitrogens with one attached hydrogen (secondary N) is 1. The minimum Gasteiger partial charge on any atom is -0.495 e. The fraction of sp³-hybridized carbons (Fsp3) is 0.500. The van der Waals surface area contributed by atoms with E-state index in [0.29, 0.717) is 18.0 Å². The van der Waals surface area contributed by atoms with Crippen LogP contribution in [-0.2, 0) is 10.2 Å². The van der Waals surface area contributed by atoms with Crippen LogP contribution in [-0.4, -0.2) is 42.0 Å². The van der Waals surface area contributed by atoms with Crippen molar-refractivity contribution < 1.29 is 14.3 Å². The van der Waals surface area contributed by atoms with Gasteiger partial charge < -0.3 is 15.0 Å². The molecule has 22 heavy (non-hydrogen) atoms. The molecule has 0 atom stereocenters. The summed E-state index contributed by atoms with van der Waals surface area (Å²) in [5, 5.41) is 2.82. The summed E-state index contributed by atoms with van der Waals surface area (Å²) < 4.78 is 5.31. The minimum absolute atomic E-state index is 0.0205. The number of ether oxygens (including phenoxy) is 1. The Morgan fingerprint density at radius 3 is 2.68 bits per heavy atom. The lowest BCUT2D eigenvalue weighted by Gasteiger charge is -2.21. The van der Waals surface area contributed by atoms with E-state index in [1.165, 1.54) is 11.8 Å². The van der Waals surface area contributed by atoms with Crippen LogP contribution in [0.1, 0.15) is 26.3 Å². The number of carbonyl (C=O) groups is 2. The van der Waals surface area contributed by atoms with Crippen molar-refractivity contribution in [3.63, 3.8) is 0 Å². The molecule has 1 saturated heterocycles. The SMILES string of the molecule is COc1ccc(C(C)(C)C)cc1NC(=O)CN1CCSC1=O. The Morgan fingerprint density at radius 1 is 1.41 bits per heavy atom. The summed E-state index contributed by atoms with van der Waals surface area (Å²) in [6.07, 6.45) is 0. The zero-order valence-electron chi connectivity index (χ0n) is 13.4. The molecule has 0 bridgehead atoms. The fourth-order valence-electron chi connectivity index (χ4n) is 2.20. The van der Waals surface area contributed by atoms with Crippen LogP contribution in [0.15, 0.2) is 18.2 Å². The zero-order chi connectivity index (χ0) is 16.3. The molecule has 0 unspecified atom stereocenters. The van der Waals surface area contributed by atoms with E-state index in [4.69, 9.17) is 4.74 Å². The molecule has 1 heterocycles. The van der Waals surface area contributed by atoms with Gasteiger partial charge in [0.1, 0.15) is 12.3 Å². The molecular weight excluding hydrogens is 300 g/mol. The first-order valence-corrected chi connectivity index (χ1v) is 8.20. The number of carbonyl (C=O) groups excluding carboxylic acids is 2. The lowest BCUT2D eigenvalue weighted by Crippen LogP contribution is -2.33. The van der Waals surface area contributed by atoms with Gasteiger partial charge in [0.15, 0.2) is 0 Å². The van der Waals surface area contributed by atoms with Gasteiger partial charge in [-0.25, -0.2) is 0 Å². The normalized spacial score (nSPS) is 15.1. The summed E-state index contributed by atoms with van der Waals surface area (Å²) in [5.74, 6) is 1.15. The molecule has 6 heteroatoms. The number of thioether (sulfide) groups is 1. The van der Waals surface area contributed by atoms with Crippen LogP contribution in [0.25, 0.3) is 0 Å². The Hall–Kier alpha value is -1.69. The second kappa shape index (κ2) is 6.60. The van der Waals surface area contributed by atoms with Gasteiger partial charge >= 0.3 is 0 Å². The number of amides is 2. The number of methoxy groups -OCH3 is 1. The molecule has 1 aliphatic heterocycles. The molecule has 1 aromatic carbocycles. The Morgan fingerprint density at radius 2 is 2.14 bits per heavy atom. The smallest absolute Gasteiger partial charge is 0.282 e. The van der Waals surface area contributed by atoms with Crippen molar-refractivity contribution in [3.8, 4) is 5.75 Å². The quantitative estimate of drug-likeness (QED) is 0.925. The lowest BCUT2D eigenvalue weighted by atomic mass is 9.87. The molecule has 1 aliphatic rings. The first-order chi connectivity index (χ1) is 10.3. The van der Waals surface area contributed by atoms with Crippen molar-refractivity contribution in [2.75, 3.05) is 31.3 Å². The molecule has 1 fully saturated rings. The van der Waals surface area contributed by atoms with E-state index < -0.39 is 0 Å². The van der Waals surface area contributed by atoms with Gasteiger partial charge in [-0.1, -0.05) is 38.6 Å². The predicted octanol–water partition coefficient (Wildman–Crippen LogP) is 3.10. The number of hydrogen-bond donors (Lipinski definition) is 1. The average molecular weight is 322 g/mol. The predicted molar refractivity (Wildman–Crippen MR) is 89.8 cm³/mol. The summed E-state index contributed by atoms with van der Waals surface area (Å²) >= 11 is 1.25. The second-order valence-electron chi connectivity index (χ2n) is 6.25. The molecule has 5 nitrogen and oxygen atoms in total. The van der Waals surface area contributed by atoms with Crippen LogP contribution in [0.5, 0.6) is 5.75 Å². The molecule has 2 amide bonds. The molecule has 120 valence electrons. The van der Waals surface area contributed by atoms with E-state index in [1.54, 1.807) is 12.0 Å². The number of hydrogen-bond acceptors (Lipinski definition) is 4. The van der Waals surface area contributed by atoms with E-state index in [-0.39, 0.29) is 23.1 Å². The van der Waals surface area contributed by atoms with Gasteiger partial charge in [0, 0.05) is 12.3 Å². The molecule has 1 aromatic rings. The maximum absolute atomic E-state index is 12.2. The maximum Gasteiger partial charge on any atom is 0.282 e. The molecule has 2 rings (SSSR count). The van der Waals surface area contributed by atoms with Crippen LogP contribution in [0.2, 0.25) is 0 Å². The molecule has 0 radical (unpaired) electrons. The Bertz CT molecular complexity index is 581. The van der Waals surface area contributed by atoms with E-state index in [2.05, 4.69) is 26.1 Å². The van der Waals surface area contributed by atoms with Crippen LogP contribution in [0, 0.1) is 0 Å². The molecule has 0 saturated carbocycles. The molecule has 0 spiro atoms. The molecular formula is C16H22N2O3S. The van der Waals surface area contributed by atoms with Crippen molar-refractivity contribution in [1.82, 2.24) is 4.90 Å². The van der Waals surface area contributed by atoms with Gasteiger partial charge in [0.2, 0.25) is 5.91 Å². The van der Waals surface area contributed by atoms with E-state index >= 15 is 0 Å². The van der Waals surface area contributed by atoms with Gasteiger partial charge in [-0.2, -0.15) is 0 Å². The Labute approximate surface area is 135 Å². The van der Waals surface area contributed by atoms with Gasteiger partial charge in [-0.3, -0.25) is 9.59 Å². The van der Waals surface area contributed by atoms with Crippen molar-refractivity contribution in [2.45, 2.75) is 26.2 Å². The third-order valence-corrected chi connectivity index (χ3v) is 4.41. The maximum atomic E-state index is 12.2. The molecule has 0 aliphatic carbocycles. The van der Waals surface area contributed by atoms with E-state index in [9.17, 15) is 9.59 Å². The van der Waals surface area contributed by atoms with Gasteiger partial charge in [-0.05, 0) is 23.1 Å². The Balaban J connectivity index is 2.13. The summed E-state index contributed by atoms with van der Waals surface area (Å²) in [6.45, 7) is 7.03. The van der Waals surface area contributed by atoms with Gasteiger partial charge in [0.05, 0.1) is 12.8 Å². The van der Waals surface area contributed by atoms with E-state index in [0.717, 1.165) is 11.3 Å². The Kier molecular flexibility index (Phi) is 5.01. The first kappa shape index (κ1) is 16.7. The third-order valence-electron chi connectivity index (χ3n) is 3.52. The standard InChI is InChI=1S/C16H22N2O3S/c1-16(2,3)11-5-6-13(21-4)12(9-11)17-14(19)10-18-7-8-22-15(18)20/h5-6,9H,7-8,10H2,1-4H3,(H,17,19). The highest BCUT2D eigenvalue weighted by Gasteiger charge is 2.24. The van der Waals surface area contributed by atoms with Crippen molar-refractivity contribution in [2.24, 2.45) is 0 Å². The van der Waals surface area contributed by atoms with Gasteiger partial charge in [0.25, 0.3) is 5.24 Å². The van der Waals surface area contributed by atoms with Crippen LogP contribution >= 0.6 is 11.8 Å². The average Bonchev–Trinajstić information content (AvgIpc) is 2.83. The first-order valence-electron chi connectivity index (χ1n) is 7.21. The minimum atomic E-state index is -0.208. The topological polar surface area (TPSA) is 58.6 Å². The highest BCUT2D eigenvalue weighted by molar-refractivity contribution is 8.13. The van der Waals surface area contributed by atoms with Crippen LogP contribution in [0.4, 0.5) is 10.5 Å². The fourth-order valence-corrected chi connectivity index (χ4v) is 3.03. The third kappa shape index (κ3) is 3.94. The monoisotopic (exact) mass is 322 g/mol. The van der Waals surface area contributed by atoms with Crippen molar-refractivity contribution in [3.05, 3.63) is 23.8 Å². The van der Waals surface area contributed by atoms with Crippen molar-refractivity contribution >= 4 is 28.6 Å². The van der Waals surface area contributed by atoms with Crippen molar-refractivity contribution in [1.29, 1.82) is 0 Å². The summed E-state index contributed by atoms with van der Waals surface area (Å²) in [7, 11) is 1.57. The molecule has 0 aromatic heterocycles. The number of rotatable bonds is 4. The van der Waals surface area contributed by atoms with Crippen LogP contribution < -0.4 is 10.1 Å².